The van der Waals surface area contributed by atoms with E-state index in [4.69, 9.17) is 11.6 Å². The highest BCUT2D eigenvalue weighted by Gasteiger charge is 2.19. The molecule has 5 nitrogen and oxygen atoms in total. The van der Waals surface area contributed by atoms with Crippen LogP contribution in [0.1, 0.15) is 5.69 Å². The van der Waals surface area contributed by atoms with Crippen molar-refractivity contribution >= 4 is 17.3 Å². The highest BCUT2D eigenvalue weighted by molar-refractivity contribution is 6.31. The lowest BCUT2D eigenvalue weighted by Gasteiger charge is -2.04. The molecule has 17 heavy (non-hydrogen) atoms. The fourth-order valence-corrected chi connectivity index (χ4v) is 1.56. The van der Waals surface area contributed by atoms with Crippen LogP contribution in [0.15, 0.2) is 24.4 Å². The molecule has 88 valence electrons. The Balaban J connectivity index is 2.67. The molecular formula is C10H7ClFN3O2. The lowest BCUT2D eigenvalue weighted by Crippen LogP contribution is -2.02. The molecule has 0 radical (unpaired) electrons. The van der Waals surface area contributed by atoms with Gasteiger partial charge in [0.15, 0.2) is 0 Å². The topological polar surface area (TPSA) is 61.0 Å². The van der Waals surface area contributed by atoms with Crippen LogP contribution >= 0.6 is 11.6 Å². The van der Waals surface area contributed by atoms with Crippen molar-refractivity contribution in [3.05, 3.63) is 51.0 Å². The third kappa shape index (κ3) is 2.12. The van der Waals surface area contributed by atoms with Crippen molar-refractivity contribution in [2.45, 2.75) is 6.92 Å². The number of hydrogen-bond donors (Lipinski definition) is 0. The number of nitro groups is 1. The van der Waals surface area contributed by atoms with Gasteiger partial charge in [0.2, 0.25) is 0 Å². The number of rotatable bonds is 2. The van der Waals surface area contributed by atoms with Crippen LogP contribution < -0.4 is 0 Å². The maximum absolute atomic E-state index is 13.3. The van der Waals surface area contributed by atoms with Gasteiger partial charge in [-0.15, -0.1) is 0 Å². The summed E-state index contributed by atoms with van der Waals surface area (Å²) in [6.45, 7) is 1.73. The first-order valence-corrected chi connectivity index (χ1v) is 5.03. The second kappa shape index (κ2) is 4.14. The number of nitro benzene ring substituents is 1. The third-order valence-electron chi connectivity index (χ3n) is 2.18. The van der Waals surface area contributed by atoms with Crippen molar-refractivity contribution in [2.75, 3.05) is 0 Å². The van der Waals surface area contributed by atoms with Crippen LogP contribution in [0, 0.1) is 22.9 Å². The van der Waals surface area contributed by atoms with Gasteiger partial charge in [0, 0.05) is 18.3 Å². The molecule has 1 aromatic heterocycles. The van der Waals surface area contributed by atoms with E-state index >= 15 is 0 Å². The second-order valence-electron chi connectivity index (χ2n) is 3.41. The van der Waals surface area contributed by atoms with Crippen LogP contribution in [-0.2, 0) is 0 Å². The van der Waals surface area contributed by atoms with Crippen LogP contribution in [0.2, 0.25) is 5.02 Å². The maximum atomic E-state index is 13.3. The molecule has 1 heterocycles. The molecule has 0 saturated heterocycles. The van der Waals surface area contributed by atoms with Crippen LogP contribution in [-0.4, -0.2) is 14.7 Å². The van der Waals surface area contributed by atoms with Gasteiger partial charge in [-0.05, 0) is 13.0 Å². The molecular weight excluding hydrogens is 249 g/mol. The van der Waals surface area contributed by atoms with E-state index in [0.29, 0.717) is 5.69 Å². The Kier molecular flexibility index (Phi) is 2.81. The molecule has 0 fully saturated rings. The zero-order chi connectivity index (χ0) is 12.6. The zero-order valence-corrected chi connectivity index (χ0v) is 9.48. The fourth-order valence-electron chi connectivity index (χ4n) is 1.40. The third-order valence-corrected chi connectivity index (χ3v) is 2.47. The van der Waals surface area contributed by atoms with Gasteiger partial charge in [-0.3, -0.25) is 10.1 Å². The first-order chi connectivity index (χ1) is 7.99. The first kappa shape index (κ1) is 11.5. The van der Waals surface area contributed by atoms with Gasteiger partial charge >= 0.3 is 0 Å². The van der Waals surface area contributed by atoms with E-state index < -0.39 is 10.7 Å². The lowest BCUT2D eigenvalue weighted by atomic mass is 10.2. The second-order valence-corrected chi connectivity index (χ2v) is 3.82. The van der Waals surface area contributed by atoms with E-state index in [0.717, 1.165) is 12.1 Å². The average molecular weight is 256 g/mol. The van der Waals surface area contributed by atoms with E-state index in [-0.39, 0.29) is 16.4 Å². The minimum absolute atomic E-state index is 0.0463. The Labute approximate surface area is 101 Å². The van der Waals surface area contributed by atoms with Crippen LogP contribution in [0.25, 0.3) is 5.69 Å². The maximum Gasteiger partial charge on any atom is 0.296 e. The van der Waals surface area contributed by atoms with Gasteiger partial charge in [-0.1, -0.05) is 11.6 Å². The summed E-state index contributed by atoms with van der Waals surface area (Å²) in [5.41, 5.74) is 0.430. The van der Waals surface area contributed by atoms with Crippen molar-refractivity contribution in [3.8, 4) is 5.69 Å². The van der Waals surface area contributed by atoms with Gasteiger partial charge in [0.05, 0.1) is 15.6 Å². The Bertz CT molecular complexity index is 597. The molecule has 0 aliphatic heterocycles. The largest absolute Gasteiger partial charge is 0.296 e. The number of nitrogens with zero attached hydrogens (tertiary/aromatic N) is 3. The summed E-state index contributed by atoms with van der Waals surface area (Å²) in [4.78, 5) is 10.2. The van der Waals surface area contributed by atoms with Crippen LogP contribution in [0.3, 0.4) is 0 Å². The fraction of sp³-hybridized carbons (Fsp3) is 0.100. The molecule has 7 heteroatoms. The Morgan fingerprint density at radius 3 is 2.76 bits per heavy atom. The molecule has 0 unspecified atom stereocenters. The quantitative estimate of drug-likeness (QED) is 0.612. The summed E-state index contributed by atoms with van der Waals surface area (Å²) in [6.07, 6.45) is 1.52. The van der Waals surface area contributed by atoms with Crippen molar-refractivity contribution in [2.24, 2.45) is 0 Å². The molecule has 0 atom stereocenters. The van der Waals surface area contributed by atoms with E-state index in [9.17, 15) is 14.5 Å². The summed E-state index contributed by atoms with van der Waals surface area (Å²) in [6, 6.07) is 3.63. The van der Waals surface area contributed by atoms with Gasteiger partial charge in [0.1, 0.15) is 11.5 Å². The standard InChI is InChI=1S/C10H7ClFN3O2/c1-6-2-3-14(13-6)9-5-8(12)7(11)4-10(9)15(16)17/h2-5H,1H3. The molecule has 1 aromatic carbocycles. The smallest absolute Gasteiger partial charge is 0.258 e. The summed E-state index contributed by atoms with van der Waals surface area (Å²) >= 11 is 5.51. The molecule has 0 N–H and O–H groups in total. The van der Waals surface area contributed by atoms with Crippen LogP contribution in [0.5, 0.6) is 0 Å². The van der Waals surface area contributed by atoms with Gasteiger partial charge in [0.25, 0.3) is 5.69 Å². The zero-order valence-electron chi connectivity index (χ0n) is 8.72. The normalized spacial score (nSPS) is 10.5. The van der Waals surface area contributed by atoms with Crippen LogP contribution in [0.4, 0.5) is 10.1 Å². The van der Waals surface area contributed by atoms with Crippen molar-refractivity contribution in [3.63, 3.8) is 0 Å². The van der Waals surface area contributed by atoms with E-state index in [2.05, 4.69) is 5.10 Å². The SMILES string of the molecule is Cc1ccn(-c2cc(F)c(Cl)cc2[N+](=O)[O-])n1. The van der Waals surface area contributed by atoms with Gasteiger partial charge in [-0.2, -0.15) is 5.10 Å². The summed E-state index contributed by atoms with van der Waals surface area (Å²) in [7, 11) is 0. The number of hydrogen-bond acceptors (Lipinski definition) is 3. The summed E-state index contributed by atoms with van der Waals surface area (Å²) in [5, 5.41) is 14.6. The molecule has 2 aromatic rings. The highest BCUT2D eigenvalue weighted by atomic mass is 35.5. The summed E-state index contributed by atoms with van der Waals surface area (Å²) in [5.74, 6) is -0.722. The molecule has 0 aliphatic rings. The number of halogens is 2. The first-order valence-electron chi connectivity index (χ1n) is 4.65. The van der Waals surface area contributed by atoms with E-state index in [1.807, 2.05) is 0 Å². The summed E-state index contributed by atoms with van der Waals surface area (Å²) < 4.78 is 14.6. The van der Waals surface area contributed by atoms with Gasteiger partial charge < -0.3 is 0 Å². The molecule has 0 aliphatic carbocycles. The lowest BCUT2D eigenvalue weighted by molar-refractivity contribution is -0.384. The highest BCUT2D eigenvalue weighted by Crippen LogP contribution is 2.28. The Morgan fingerprint density at radius 1 is 1.53 bits per heavy atom. The predicted molar refractivity (Wildman–Crippen MR) is 59.9 cm³/mol. The molecule has 0 saturated carbocycles. The Hall–Kier alpha value is -1.95. The minimum Gasteiger partial charge on any atom is -0.258 e. The van der Waals surface area contributed by atoms with E-state index in [1.54, 1.807) is 13.0 Å². The molecule has 0 bridgehead atoms. The molecule has 2 rings (SSSR count). The number of aryl methyl sites for hydroxylation is 1. The van der Waals surface area contributed by atoms with Crippen molar-refractivity contribution in [1.82, 2.24) is 9.78 Å². The Morgan fingerprint density at radius 2 is 2.24 bits per heavy atom. The van der Waals surface area contributed by atoms with E-state index in [1.165, 1.54) is 10.9 Å². The molecule has 0 amide bonds. The van der Waals surface area contributed by atoms with Crippen molar-refractivity contribution < 1.29 is 9.31 Å². The number of aromatic nitrogens is 2. The minimum atomic E-state index is -0.722. The van der Waals surface area contributed by atoms with Gasteiger partial charge in [-0.25, -0.2) is 9.07 Å². The number of benzene rings is 1. The van der Waals surface area contributed by atoms with Crippen molar-refractivity contribution in [1.29, 1.82) is 0 Å². The average Bonchev–Trinajstić information content (AvgIpc) is 2.68. The predicted octanol–water partition coefficient (Wildman–Crippen LogP) is 2.88. The monoisotopic (exact) mass is 255 g/mol. The molecule has 0 spiro atoms.